The minimum atomic E-state index is -0.458. The average molecular weight is 290 g/mol. The number of Topliss-reactive ketones (excluding diaryl/α,β-unsaturated/α-hetero) is 1. The van der Waals surface area contributed by atoms with Gasteiger partial charge >= 0.3 is 0 Å². The van der Waals surface area contributed by atoms with Gasteiger partial charge in [0.2, 0.25) is 0 Å². The maximum absolute atomic E-state index is 12.1. The van der Waals surface area contributed by atoms with Crippen LogP contribution in [0.3, 0.4) is 0 Å². The summed E-state index contributed by atoms with van der Waals surface area (Å²) in [7, 11) is 0. The molecule has 0 radical (unpaired) electrons. The third-order valence-corrected chi connectivity index (χ3v) is 3.20. The molecular weight excluding hydrogens is 278 g/mol. The molecular formula is C15H12ClNO3. The summed E-state index contributed by atoms with van der Waals surface area (Å²) in [5, 5.41) is 11.3. The highest BCUT2D eigenvalue weighted by Gasteiger charge is 2.14. The number of halogens is 1. The van der Waals surface area contributed by atoms with Crippen LogP contribution in [0.25, 0.3) is 0 Å². The van der Waals surface area contributed by atoms with Gasteiger partial charge in [-0.1, -0.05) is 23.7 Å². The third-order valence-electron chi connectivity index (χ3n) is 2.97. The van der Waals surface area contributed by atoms with E-state index in [-0.39, 0.29) is 17.9 Å². The zero-order valence-corrected chi connectivity index (χ0v) is 11.6. The molecule has 0 heterocycles. The van der Waals surface area contributed by atoms with Crippen LogP contribution in [0.5, 0.6) is 0 Å². The molecule has 0 fully saturated rings. The zero-order valence-electron chi connectivity index (χ0n) is 10.8. The van der Waals surface area contributed by atoms with E-state index in [1.807, 2.05) is 6.07 Å². The van der Waals surface area contributed by atoms with Crippen LogP contribution in [0, 0.1) is 17.0 Å². The summed E-state index contributed by atoms with van der Waals surface area (Å²) in [6.07, 6.45) is 0.220. The Hall–Kier alpha value is -2.20. The number of nitro groups is 1. The second-order valence-corrected chi connectivity index (χ2v) is 4.92. The number of nitro benzene ring substituents is 1. The molecule has 0 aliphatic heterocycles. The molecule has 0 amide bonds. The molecule has 4 nitrogen and oxygen atoms in total. The lowest BCUT2D eigenvalue weighted by atomic mass is 10.0. The Morgan fingerprint density at radius 3 is 2.60 bits per heavy atom. The quantitative estimate of drug-likeness (QED) is 0.486. The molecule has 0 spiro atoms. The number of benzene rings is 2. The first-order chi connectivity index (χ1) is 9.47. The number of rotatable bonds is 4. The van der Waals surface area contributed by atoms with Crippen molar-refractivity contribution in [2.45, 2.75) is 13.3 Å². The van der Waals surface area contributed by atoms with Gasteiger partial charge in [-0.3, -0.25) is 14.9 Å². The summed E-state index contributed by atoms with van der Waals surface area (Å²) in [5.74, 6) is -0.0923. The van der Waals surface area contributed by atoms with Crippen molar-refractivity contribution in [2.24, 2.45) is 0 Å². The van der Waals surface area contributed by atoms with Crippen LogP contribution in [0.1, 0.15) is 21.5 Å². The summed E-state index contributed by atoms with van der Waals surface area (Å²) in [5.41, 5.74) is 1.78. The lowest BCUT2D eigenvalue weighted by molar-refractivity contribution is -0.385. The number of nitrogens with zero attached hydrogens (tertiary/aromatic N) is 1. The highest BCUT2D eigenvalue weighted by Crippen LogP contribution is 2.20. The first-order valence-corrected chi connectivity index (χ1v) is 6.38. The number of aryl methyl sites for hydroxylation is 1. The minimum Gasteiger partial charge on any atom is -0.294 e. The van der Waals surface area contributed by atoms with Crippen molar-refractivity contribution >= 4 is 23.1 Å². The highest BCUT2D eigenvalue weighted by molar-refractivity contribution is 6.30. The van der Waals surface area contributed by atoms with Crippen molar-refractivity contribution in [2.75, 3.05) is 0 Å². The van der Waals surface area contributed by atoms with Crippen molar-refractivity contribution in [3.8, 4) is 0 Å². The van der Waals surface area contributed by atoms with Crippen molar-refractivity contribution in [3.05, 3.63) is 74.3 Å². The van der Waals surface area contributed by atoms with Crippen LogP contribution in [-0.4, -0.2) is 10.7 Å². The molecule has 0 saturated heterocycles. The van der Waals surface area contributed by atoms with E-state index in [4.69, 9.17) is 11.6 Å². The minimum absolute atomic E-state index is 0.0179. The van der Waals surface area contributed by atoms with Crippen molar-refractivity contribution in [3.63, 3.8) is 0 Å². The molecule has 0 aliphatic carbocycles. The van der Waals surface area contributed by atoms with Gasteiger partial charge in [0.1, 0.15) is 0 Å². The molecule has 2 rings (SSSR count). The Morgan fingerprint density at radius 1 is 1.25 bits per heavy atom. The van der Waals surface area contributed by atoms with Crippen LogP contribution in [0.2, 0.25) is 5.02 Å². The Morgan fingerprint density at radius 2 is 2.00 bits per heavy atom. The van der Waals surface area contributed by atoms with Gasteiger partial charge < -0.3 is 0 Å². The standard InChI is InChI=1S/C15H12ClNO3/c1-10-7-12(5-6-14(10)17(19)20)15(18)9-11-3-2-4-13(16)8-11/h2-8H,9H2,1H3. The van der Waals surface area contributed by atoms with Gasteiger partial charge in [-0.25, -0.2) is 0 Å². The van der Waals surface area contributed by atoms with Crippen molar-refractivity contribution < 1.29 is 9.72 Å². The van der Waals surface area contributed by atoms with Gasteiger partial charge in [-0.15, -0.1) is 0 Å². The van der Waals surface area contributed by atoms with E-state index in [2.05, 4.69) is 0 Å². The van der Waals surface area contributed by atoms with E-state index >= 15 is 0 Å². The topological polar surface area (TPSA) is 60.2 Å². The smallest absolute Gasteiger partial charge is 0.272 e. The average Bonchev–Trinajstić information content (AvgIpc) is 2.38. The van der Waals surface area contributed by atoms with E-state index < -0.39 is 4.92 Å². The van der Waals surface area contributed by atoms with Crippen LogP contribution < -0.4 is 0 Å². The predicted molar refractivity (Wildman–Crippen MR) is 77.3 cm³/mol. The Labute approximate surface area is 121 Å². The Balaban J connectivity index is 2.22. The SMILES string of the molecule is Cc1cc(C(=O)Cc2cccc(Cl)c2)ccc1[N+](=O)[O-]. The molecule has 102 valence electrons. The lowest BCUT2D eigenvalue weighted by Gasteiger charge is -2.04. The van der Waals surface area contributed by atoms with E-state index in [0.717, 1.165) is 5.56 Å². The molecule has 0 saturated carbocycles. The molecule has 0 bridgehead atoms. The van der Waals surface area contributed by atoms with E-state index in [1.165, 1.54) is 12.1 Å². The third kappa shape index (κ3) is 3.22. The number of carbonyl (C=O) groups is 1. The number of carbonyl (C=O) groups excluding carboxylic acids is 1. The molecule has 0 atom stereocenters. The first-order valence-electron chi connectivity index (χ1n) is 6.00. The van der Waals surface area contributed by atoms with Crippen LogP contribution in [0.4, 0.5) is 5.69 Å². The summed E-state index contributed by atoms with van der Waals surface area (Å²) in [4.78, 5) is 22.4. The monoisotopic (exact) mass is 289 g/mol. The van der Waals surface area contributed by atoms with Gasteiger partial charge in [0.05, 0.1) is 4.92 Å². The summed E-state index contributed by atoms with van der Waals surface area (Å²) in [6.45, 7) is 1.62. The fourth-order valence-corrected chi connectivity index (χ4v) is 2.18. The van der Waals surface area contributed by atoms with Gasteiger partial charge in [-0.2, -0.15) is 0 Å². The molecule has 5 heteroatoms. The molecule has 0 unspecified atom stereocenters. The molecule has 0 aromatic heterocycles. The Kier molecular flexibility index (Phi) is 4.15. The predicted octanol–water partition coefficient (Wildman–Crippen LogP) is 3.98. The van der Waals surface area contributed by atoms with Gasteiger partial charge in [0, 0.05) is 28.6 Å². The molecule has 20 heavy (non-hydrogen) atoms. The summed E-state index contributed by atoms with van der Waals surface area (Å²) in [6, 6.07) is 11.5. The number of hydrogen-bond donors (Lipinski definition) is 0. The maximum atomic E-state index is 12.1. The van der Waals surface area contributed by atoms with Crippen LogP contribution >= 0.6 is 11.6 Å². The second kappa shape index (κ2) is 5.84. The van der Waals surface area contributed by atoms with Crippen LogP contribution in [0.15, 0.2) is 42.5 Å². The van der Waals surface area contributed by atoms with Gasteiger partial charge in [0.25, 0.3) is 5.69 Å². The second-order valence-electron chi connectivity index (χ2n) is 4.49. The normalized spacial score (nSPS) is 10.3. The van der Waals surface area contributed by atoms with Crippen molar-refractivity contribution in [1.29, 1.82) is 0 Å². The van der Waals surface area contributed by atoms with E-state index in [0.29, 0.717) is 16.1 Å². The van der Waals surface area contributed by atoms with Gasteiger partial charge in [-0.05, 0) is 36.8 Å². The van der Waals surface area contributed by atoms with Crippen LogP contribution in [-0.2, 0) is 6.42 Å². The maximum Gasteiger partial charge on any atom is 0.272 e. The first kappa shape index (κ1) is 14.2. The Bertz CT molecular complexity index is 683. The molecule has 2 aromatic rings. The van der Waals surface area contributed by atoms with E-state index in [1.54, 1.807) is 31.2 Å². The number of hydrogen-bond acceptors (Lipinski definition) is 3. The number of ketones is 1. The fourth-order valence-electron chi connectivity index (χ4n) is 1.97. The van der Waals surface area contributed by atoms with Gasteiger partial charge in [0.15, 0.2) is 5.78 Å². The summed E-state index contributed by atoms with van der Waals surface area (Å²) >= 11 is 5.87. The summed E-state index contributed by atoms with van der Waals surface area (Å²) < 4.78 is 0. The largest absolute Gasteiger partial charge is 0.294 e. The molecule has 2 aromatic carbocycles. The molecule has 0 N–H and O–H groups in total. The molecule has 0 aliphatic rings. The highest BCUT2D eigenvalue weighted by atomic mass is 35.5. The van der Waals surface area contributed by atoms with E-state index in [9.17, 15) is 14.9 Å². The van der Waals surface area contributed by atoms with Crippen molar-refractivity contribution in [1.82, 2.24) is 0 Å². The lowest BCUT2D eigenvalue weighted by Crippen LogP contribution is -2.04. The fraction of sp³-hybridized carbons (Fsp3) is 0.133. The zero-order chi connectivity index (χ0) is 14.7.